The van der Waals surface area contributed by atoms with Crippen LogP contribution in [-0.2, 0) is 36.6 Å². The van der Waals surface area contributed by atoms with Gasteiger partial charge in [0.2, 0.25) is 0 Å². The van der Waals surface area contributed by atoms with Crippen molar-refractivity contribution in [3.05, 3.63) is 134 Å². The molecule has 298 valence electrons. The maximum absolute atomic E-state index is 14.8. The molecule has 0 N–H and O–H groups in total. The maximum atomic E-state index is 14.8. The summed E-state index contributed by atoms with van der Waals surface area (Å²) in [5.41, 5.74) is 4.56. The first-order valence-electron chi connectivity index (χ1n) is 20.8. The number of ether oxygens (including phenoxy) is 4. The average Bonchev–Trinajstić information content (AvgIpc) is 3.21. The molecular formula is C49H54O8. The minimum absolute atomic E-state index is 0.000268. The van der Waals surface area contributed by atoms with Gasteiger partial charge in [0.05, 0.1) is 12.2 Å². The van der Waals surface area contributed by atoms with E-state index in [9.17, 15) is 14.4 Å². The highest BCUT2D eigenvalue weighted by Crippen LogP contribution is 2.52. The van der Waals surface area contributed by atoms with Gasteiger partial charge in [-0.05, 0) is 93.7 Å². The van der Waals surface area contributed by atoms with E-state index in [-0.39, 0.29) is 35.7 Å². The van der Waals surface area contributed by atoms with Gasteiger partial charge in [-0.3, -0.25) is 4.79 Å². The highest BCUT2D eigenvalue weighted by atomic mass is 16.6. The molecule has 3 aromatic carbocycles. The van der Waals surface area contributed by atoms with E-state index in [0.29, 0.717) is 53.7 Å². The van der Waals surface area contributed by atoms with Crippen LogP contribution in [0.4, 0.5) is 0 Å². The Bertz CT molecular complexity index is 2220. The Morgan fingerprint density at radius 3 is 2.37 bits per heavy atom. The van der Waals surface area contributed by atoms with E-state index in [1.54, 1.807) is 7.11 Å². The molecule has 6 atom stereocenters. The largest absolute Gasteiger partial charge is 0.483 e. The Morgan fingerprint density at radius 1 is 0.860 bits per heavy atom. The molecule has 0 saturated heterocycles. The van der Waals surface area contributed by atoms with Gasteiger partial charge in [0.25, 0.3) is 0 Å². The average molecular weight is 771 g/mol. The number of rotatable bonds is 5. The SMILES string of the molecule is COCCc1cc2ccc3c(c2oc1=O)C1OC(=O)CC2CC(c4ccccc4)C=CC2c2ccc(cc2)CCC(=C(C)C)C(=O)OC1C(C)(C1CCCCC1)O3. The summed E-state index contributed by atoms with van der Waals surface area (Å²) in [6, 6.07) is 24.6. The fraction of sp³-hybridized carbons (Fsp3) is 0.449. The Kier molecular flexibility index (Phi) is 11.3. The van der Waals surface area contributed by atoms with Crippen LogP contribution in [0.2, 0.25) is 0 Å². The zero-order valence-electron chi connectivity index (χ0n) is 33.6. The van der Waals surface area contributed by atoms with Crippen LogP contribution in [0.25, 0.3) is 11.0 Å². The van der Waals surface area contributed by atoms with E-state index in [0.717, 1.165) is 55.2 Å². The number of aryl methyl sites for hydroxylation is 1. The molecule has 9 rings (SSSR count). The molecule has 2 aliphatic carbocycles. The van der Waals surface area contributed by atoms with Gasteiger partial charge in [0, 0.05) is 54.2 Å². The third-order valence-electron chi connectivity index (χ3n) is 13.1. The number of carbonyl (C=O) groups excluding carboxylic acids is 2. The smallest absolute Gasteiger partial charge is 0.339 e. The highest BCUT2D eigenvalue weighted by Gasteiger charge is 2.56. The van der Waals surface area contributed by atoms with Gasteiger partial charge >= 0.3 is 17.6 Å². The minimum Gasteiger partial charge on any atom is -0.483 e. The maximum Gasteiger partial charge on any atom is 0.339 e. The first-order chi connectivity index (χ1) is 27.6. The van der Waals surface area contributed by atoms with Gasteiger partial charge in [0.1, 0.15) is 16.9 Å². The fourth-order valence-electron chi connectivity index (χ4n) is 9.84. The summed E-state index contributed by atoms with van der Waals surface area (Å²) in [4.78, 5) is 42.9. The van der Waals surface area contributed by atoms with E-state index in [1.807, 2.05) is 45.0 Å². The minimum atomic E-state index is -1.10. The molecule has 1 saturated carbocycles. The van der Waals surface area contributed by atoms with Crippen molar-refractivity contribution in [1.29, 1.82) is 0 Å². The van der Waals surface area contributed by atoms with Crippen LogP contribution in [0.3, 0.4) is 0 Å². The highest BCUT2D eigenvalue weighted by molar-refractivity contribution is 5.90. The third-order valence-corrected chi connectivity index (χ3v) is 13.1. The summed E-state index contributed by atoms with van der Waals surface area (Å²) >= 11 is 0. The van der Waals surface area contributed by atoms with Crippen LogP contribution in [0, 0.1) is 11.8 Å². The van der Waals surface area contributed by atoms with Crippen molar-refractivity contribution in [3.8, 4) is 5.75 Å². The van der Waals surface area contributed by atoms with Crippen LogP contribution < -0.4 is 10.4 Å². The number of esters is 2. The fourth-order valence-corrected chi connectivity index (χ4v) is 9.84. The van der Waals surface area contributed by atoms with Crippen molar-refractivity contribution in [2.45, 2.75) is 115 Å². The van der Waals surface area contributed by atoms with E-state index in [2.05, 4.69) is 60.7 Å². The molecule has 6 unspecified atom stereocenters. The van der Waals surface area contributed by atoms with Crippen molar-refractivity contribution in [1.82, 2.24) is 0 Å². The van der Waals surface area contributed by atoms with E-state index in [4.69, 9.17) is 23.4 Å². The van der Waals surface area contributed by atoms with Crippen LogP contribution in [0.1, 0.15) is 118 Å². The van der Waals surface area contributed by atoms with Gasteiger partial charge in [-0.2, -0.15) is 0 Å². The molecule has 57 heavy (non-hydrogen) atoms. The normalized spacial score (nSPS) is 26.8. The predicted molar refractivity (Wildman–Crippen MR) is 219 cm³/mol. The van der Waals surface area contributed by atoms with Gasteiger partial charge < -0.3 is 23.4 Å². The first-order valence-corrected chi connectivity index (χ1v) is 20.8. The quantitative estimate of drug-likeness (QED) is 0.0856. The van der Waals surface area contributed by atoms with Crippen molar-refractivity contribution < 1.29 is 33.0 Å². The number of methoxy groups -OCH3 is 1. The summed E-state index contributed by atoms with van der Waals surface area (Å²) in [6.07, 6.45) is 9.80. The molecule has 0 spiro atoms. The van der Waals surface area contributed by atoms with E-state index >= 15 is 0 Å². The molecule has 0 radical (unpaired) electrons. The predicted octanol–water partition coefficient (Wildman–Crippen LogP) is 10.0. The molecule has 2 bridgehead atoms. The van der Waals surface area contributed by atoms with Gasteiger partial charge in [-0.1, -0.05) is 91.6 Å². The lowest BCUT2D eigenvalue weighted by Gasteiger charge is -2.50. The van der Waals surface area contributed by atoms with Gasteiger partial charge in [-0.15, -0.1) is 0 Å². The lowest BCUT2D eigenvalue weighted by atomic mass is 9.71. The number of hydrogen-bond acceptors (Lipinski definition) is 8. The molecule has 4 heterocycles. The number of benzene rings is 3. The molecule has 8 heteroatoms. The van der Waals surface area contributed by atoms with Gasteiger partial charge in [-0.25, -0.2) is 9.59 Å². The van der Waals surface area contributed by atoms with Crippen molar-refractivity contribution in [3.63, 3.8) is 0 Å². The summed E-state index contributed by atoms with van der Waals surface area (Å²) in [5, 5.41) is 0.661. The zero-order chi connectivity index (χ0) is 39.7. The summed E-state index contributed by atoms with van der Waals surface area (Å²) < 4.78 is 31.9. The number of fused-ring (bicyclic) bond motifs is 11. The molecule has 5 aliphatic rings. The monoisotopic (exact) mass is 770 g/mol. The topological polar surface area (TPSA) is 101 Å². The second-order valence-electron chi connectivity index (χ2n) is 16.9. The van der Waals surface area contributed by atoms with Crippen molar-refractivity contribution in [2.24, 2.45) is 11.8 Å². The Balaban J connectivity index is 1.28. The van der Waals surface area contributed by atoms with Crippen LogP contribution >= 0.6 is 0 Å². The second-order valence-corrected chi connectivity index (χ2v) is 16.9. The Morgan fingerprint density at radius 2 is 1.63 bits per heavy atom. The number of allylic oxidation sites excluding steroid dienone is 3. The van der Waals surface area contributed by atoms with E-state index < -0.39 is 35.4 Å². The van der Waals surface area contributed by atoms with Crippen molar-refractivity contribution in [2.75, 3.05) is 13.7 Å². The molecule has 1 fully saturated rings. The molecule has 4 aromatic rings. The Hall–Kier alpha value is -4.95. The summed E-state index contributed by atoms with van der Waals surface area (Å²) in [5.74, 6) is -0.291. The van der Waals surface area contributed by atoms with Crippen LogP contribution in [0.15, 0.2) is 105 Å². The molecule has 3 aliphatic heterocycles. The number of hydrogen-bond donors (Lipinski definition) is 0. The van der Waals surface area contributed by atoms with Crippen LogP contribution in [0.5, 0.6) is 5.75 Å². The molecular weight excluding hydrogens is 717 g/mol. The summed E-state index contributed by atoms with van der Waals surface area (Å²) in [7, 11) is 1.59. The third kappa shape index (κ3) is 7.85. The second kappa shape index (κ2) is 16.5. The molecule has 8 nitrogen and oxygen atoms in total. The van der Waals surface area contributed by atoms with Crippen molar-refractivity contribution >= 4 is 22.9 Å². The lowest BCUT2D eigenvalue weighted by molar-refractivity contribution is -0.201. The summed E-state index contributed by atoms with van der Waals surface area (Å²) in [6.45, 7) is 6.24. The van der Waals surface area contributed by atoms with E-state index in [1.165, 1.54) is 5.56 Å². The zero-order valence-corrected chi connectivity index (χ0v) is 33.6. The number of carbonyl (C=O) groups is 2. The lowest BCUT2D eigenvalue weighted by Crippen LogP contribution is -2.58. The van der Waals surface area contributed by atoms with Gasteiger partial charge in [0.15, 0.2) is 12.2 Å². The van der Waals surface area contributed by atoms with Crippen LogP contribution in [-0.4, -0.2) is 37.4 Å². The molecule has 1 aromatic heterocycles. The first kappa shape index (κ1) is 38.9. The Labute approximate surface area is 335 Å². The standard InChI is InChI=1S/C49H54O8/c1-30(2)39-22-17-31-15-18-33(19-16-31)40-23-20-34(32-11-7-5-8-12-32)27-37(40)29-42(50)54-45-43-41(24-21-35-28-36(25-26-53-4)47(51)55-44(35)43)57-49(3,46(45)56-48(39)52)38-13-9-6-10-14-38/h5,7-8,11-12,15-16,18-21,23-24,28,34,37-38,40,45-46H,6,9-10,13-14,17,22,25-27,29H2,1-4H3. The molecule has 0 amide bonds.